The van der Waals surface area contributed by atoms with E-state index in [0.29, 0.717) is 16.7 Å². The van der Waals surface area contributed by atoms with Gasteiger partial charge in [0.15, 0.2) is 5.13 Å². The van der Waals surface area contributed by atoms with Gasteiger partial charge >= 0.3 is 5.97 Å². The van der Waals surface area contributed by atoms with E-state index < -0.39 is 5.97 Å². The van der Waals surface area contributed by atoms with Gasteiger partial charge in [0.1, 0.15) is 11.8 Å². The van der Waals surface area contributed by atoms with E-state index in [4.69, 9.17) is 15.3 Å². The molecule has 0 amide bonds. The lowest BCUT2D eigenvalue weighted by atomic mass is 9.88. The van der Waals surface area contributed by atoms with E-state index in [1.54, 1.807) is 12.3 Å². The van der Waals surface area contributed by atoms with Crippen molar-refractivity contribution in [1.29, 1.82) is 0 Å². The van der Waals surface area contributed by atoms with Gasteiger partial charge in [0.2, 0.25) is 5.71 Å². The number of nitrogens with zero attached hydrogens (tertiary/aromatic N) is 2. The van der Waals surface area contributed by atoms with E-state index in [9.17, 15) is 4.79 Å². The Labute approximate surface area is 128 Å². The van der Waals surface area contributed by atoms with Gasteiger partial charge in [-0.3, -0.25) is 0 Å². The maximum atomic E-state index is 12.0. The average Bonchev–Trinajstić information content (AvgIpc) is 2.88. The van der Waals surface area contributed by atoms with Gasteiger partial charge in [-0.25, -0.2) is 9.78 Å². The minimum atomic E-state index is -0.536. The Morgan fingerprint density at radius 2 is 2.29 bits per heavy atom. The molecule has 1 fully saturated rings. The smallest absolute Gasteiger partial charge is 0.362 e. The first kappa shape index (κ1) is 15.8. The van der Waals surface area contributed by atoms with Gasteiger partial charge in [0.25, 0.3) is 0 Å². The van der Waals surface area contributed by atoms with Crippen molar-refractivity contribution in [2.24, 2.45) is 11.1 Å². The lowest BCUT2D eigenvalue weighted by Gasteiger charge is -2.26. The van der Waals surface area contributed by atoms with Gasteiger partial charge in [-0.05, 0) is 32.1 Å². The lowest BCUT2D eigenvalue weighted by molar-refractivity contribution is -0.135. The molecule has 0 bridgehead atoms. The highest BCUT2D eigenvalue weighted by molar-refractivity contribution is 7.13. The minimum Gasteiger partial charge on any atom is -0.461 e. The van der Waals surface area contributed by atoms with Crippen LogP contribution in [0.2, 0.25) is 0 Å². The number of carbonyl (C=O) groups excluding carboxylic acids is 1. The molecule has 1 aromatic rings. The van der Waals surface area contributed by atoms with Gasteiger partial charge in [0.05, 0.1) is 6.61 Å². The van der Waals surface area contributed by atoms with Crippen LogP contribution in [0.5, 0.6) is 0 Å². The molecule has 7 heteroatoms. The second-order valence-corrected chi connectivity index (χ2v) is 6.03. The van der Waals surface area contributed by atoms with Crippen molar-refractivity contribution in [1.82, 2.24) is 4.98 Å². The standard InChI is InChI=1S/C14H21N3O3S/c1-3-19-13(18)12(10-8-21-14(15)16-10)17-20-11-7-5-4-6-9(11)2/h8-9,11H,3-7H2,1-2H3,(H2,15,16). The SMILES string of the molecule is CCOC(=O)C(=NOC1CCCCC1C)c1csc(N)n1. The number of hydrogen-bond donors (Lipinski definition) is 1. The zero-order valence-corrected chi connectivity index (χ0v) is 13.2. The number of carbonyl (C=O) groups is 1. The molecule has 0 aliphatic heterocycles. The number of oxime groups is 1. The summed E-state index contributed by atoms with van der Waals surface area (Å²) in [5, 5.41) is 6.09. The molecule has 1 aliphatic rings. The highest BCUT2D eigenvalue weighted by atomic mass is 32.1. The first-order valence-electron chi connectivity index (χ1n) is 7.24. The predicted molar refractivity (Wildman–Crippen MR) is 82.2 cm³/mol. The largest absolute Gasteiger partial charge is 0.461 e. The number of ether oxygens (including phenoxy) is 1. The van der Waals surface area contributed by atoms with Gasteiger partial charge in [-0.2, -0.15) is 0 Å². The molecule has 1 aromatic heterocycles. The zero-order chi connectivity index (χ0) is 15.2. The summed E-state index contributed by atoms with van der Waals surface area (Å²) in [6.45, 7) is 4.16. The molecule has 1 saturated carbocycles. The quantitative estimate of drug-likeness (QED) is 0.513. The Kier molecular flexibility index (Phi) is 5.55. The van der Waals surface area contributed by atoms with Crippen LogP contribution in [0.1, 0.15) is 45.2 Å². The molecule has 0 saturated heterocycles. The Morgan fingerprint density at radius 3 is 2.90 bits per heavy atom. The maximum Gasteiger partial charge on any atom is 0.362 e. The molecule has 0 aromatic carbocycles. The molecule has 2 N–H and O–H groups in total. The Morgan fingerprint density at radius 1 is 1.52 bits per heavy atom. The molecule has 1 heterocycles. The summed E-state index contributed by atoms with van der Waals surface area (Å²) in [5.41, 5.74) is 6.10. The number of anilines is 1. The van der Waals surface area contributed by atoms with Crippen LogP contribution in [0.15, 0.2) is 10.5 Å². The van der Waals surface area contributed by atoms with E-state index in [1.807, 2.05) is 0 Å². The topological polar surface area (TPSA) is 86.8 Å². The van der Waals surface area contributed by atoms with Crippen molar-refractivity contribution in [3.05, 3.63) is 11.1 Å². The summed E-state index contributed by atoms with van der Waals surface area (Å²) in [7, 11) is 0. The van der Waals surface area contributed by atoms with Gasteiger partial charge < -0.3 is 15.3 Å². The fourth-order valence-corrected chi connectivity index (χ4v) is 2.89. The third-order valence-electron chi connectivity index (χ3n) is 3.55. The second-order valence-electron chi connectivity index (χ2n) is 5.14. The molecule has 0 radical (unpaired) electrons. The van der Waals surface area contributed by atoms with E-state index in [2.05, 4.69) is 17.1 Å². The summed E-state index contributed by atoms with van der Waals surface area (Å²) in [5.74, 6) is -0.0993. The number of aromatic nitrogens is 1. The summed E-state index contributed by atoms with van der Waals surface area (Å²) >= 11 is 1.25. The van der Waals surface area contributed by atoms with Crippen LogP contribution in [0, 0.1) is 5.92 Å². The molecule has 6 nitrogen and oxygen atoms in total. The third-order valence-corrected chi connectivity index (χ3v) is 4.22. The predicted octanol–water partition coefficient (Wildman–Crippen LogP) is 2.59. The first-order valence-corrected chi connectivity index (χ1v) is 8.12. The van der Waals surface area contributed by atoms with Crippen LogP contribution in [-0.2, 0) is 14.4 Å². The number of rotatable bonds is 5. The van der Waals surface area contributed by atoms with Crippen LogP contribution in [0.4, 0.5) is 5.13 Å². The normalized spacial score (nSPS) is 22.9. The monoisotopic (exact) mass is 311 g/mol. The highest BCUT2D eigenvalue weighted by Gasteiger charge is 2.25. The van der Waals surface area contributed by atoms with Crippen molar-refractivity contribution in [3.8, 4) is 0 Å². The number of esters is 1. The molecule has 116 valence electrons. The molecule has 2 unspecified atom stereocenters. The summed E-state index contributed by atoms with van der Waals surface area (Å²) in [4.78, 5) is 21.7. The maximum absolute atomic E-state index is 12.0. The average molecular weight is 311 g/mol. The number of thiazole rings is 1. The van der Waals surface area contributed by atoms with Crippen LogP contribution >= 0.6 is 11.3 Å². The Hall–Kier alpha value is -1.63. The molecule has 2 rings (SSSR count). The van der Waals surface area contributed by atoms with Crippen molar-refractivity contribution in [3.63, 3.8) is 0 Å². The number of nitrogens with two attached hydrogens (primary N) is 1. The molecular formula is C14H21N3O3S. The van der Waals surface area contributed by atoms with E-state index >= 15 is 0 Å². The van der Waals surface area contributed by atoms with E-state index in [-0.39, 0.29) is 18.4 Å². The Bertz CT molecular complexity index is 515. The molecule has 0 spiro atoms. The van der Waals surface area contributed by atoms with E-state index in [0.717, 1.165) is 19.3 Å². The summed E-state index contributed by atoms with van der Waals surface area (Å²) < 4.78 is 5.01. The van der Waals surface area contributed by atoms with Crippen LogP contribution in [-0.4, -0.2) is 29.4 Å². The van der Waals surface area contributed by atoms with Gasteiger partial charge in [0, 0.05) is 5.38 Å². The molecule has 2 atom stereocenters. The fourth-order valence-electron chi connectivity index (χ4n) is 2.34. The summed E-state index contributed by atoms with van der Waals surface area (Å²) in [6.07, 6.45) is 4.47. The first-order chi connectivity index (χ1) is 10.1. The highest BCUT2D eigenvalue weighted by Crippen LogP contribution is 2.26. The molecule has 1 aliphatic carbocycles. The van der Waals surface area contributed by atoms with Crippen molar-refractivity contribution < 1.29 is 14.4 Å². The van der Waals surface area contributed by atoms with Crippen LogP contribution in [0.3, 0.4) is 0 Å². The second kappa shape index (κ2) is 7.40. The Balaban J connectivity index is 2.14. The fraction of sp³-hybridized carbons (Fsp3) is 0.643. The molecular weight excluding hydrogens is 290 g/mol. The number of hydrogen-bond acceptors (Lipinski definition) is 7. The summed E-state index contributed by atoms with van der Waals surface area (Å²) in [6, 6.07) is 0. The van der Waals surface area contributed by atoms with Crippen LogP contribution < -0.4 is 5.73 Å². The van der Waals surface area contributed by atoms with Crippen molar-refractivity contribution in [2.45, 2.75) is 45.6 Å². The van der Waals surface area contributed by atoms with Gasteiger partial charge in [-0.15, -0.1) is 11.3 Å². The minimum absolute atomic E-state index is 0.0409. The van der Waals surface area contributed by atoms with Crippen molar-refractivity contribution >= 4 is 28.1 Å². The molecule has 21 heavy (non-hydrogen) atoms. The lowest BCUT2D eigenvalue weighted by Crippen LogP contribution is -2.26. The van der Waals surface area contributed by atoms with E-state index in [1.165, 1.54) is 17.8 Å². The third kappa shape index (κ3) is 4.17. The zero-order valence-electron chi connectivity index (χ0n) is 12.4. The number of nitrogen functional groups attached to an aromatic ring is 1. The van der Waals surface area contributed by atoms with Gasteiger partial charge in [-0.1, -0.05) is 18.5 Å². The van der Waals surface area contributed by atoms with Crippen molar-refractivity contribution in [2.75, 3.05) is 12.3 Å². The van der Waals surface area contributed by atoms with Crippen LogP contribution in [0.25, 0.3) is 0 Å².